The van der Waals surface area contributed by atoms with E-state index in [2.05, 4.69) is 67.6 Å². The lowest BCUT2D eigenvalue weighted by Gasteiger charge is -2.62. The number of ether oxygens (including phenoxy) is 2. The Labute approximate surface area is 250 Å². The maximum atomic E-state index is 13.3. The van der Waals surface area contributed by atoms with Gasteiger partial charge in [-0.3, -0.25) is 9.05 Å². The van der Waals surface area contributed by atoms with Gasteiger partial charge in [0, 0.05) is 12.3 Å². The Bertz CT molecular complexity index is 1060. The summed E-state index contributed by atoms with van der Waals surface area (Å²) in [5.41, 5.74) is 0.199. The molecule has 7 nitrogen and oxygen atoms in total. The molecule has 0 aromatic carbocycles. The predicted octanol–water partition coefficient (Wildman–Crippen LogP) is 8.85. The SMILES string of the molecule is CCOP(=O)(OCC)OC1=CC2[C@H]3OC(C)(C)O[C@@H]3C3C(CC[C@@]4(C)C3CC[C@@H]4O[Si](C)(C)C(C)(C)C)[C@@]2(C)CC1. The van der Waals surface area contributed by atoms with E-state index in [9.17, 15) is 4.57 Å². The van der Waals surface area contributed by atoms with Gasteiger partial charge in [0.2, 0.25) is 0 Å². The molecule has 4 fully saturated rings. The molecule has 5 aliphatic rings. The second kappa shape index (κ2) is 10.7. The standard InChI is InChI=1S/C32H57O7PSi/c1-12-34-40(33,35-13-2)38-21-16-18-31(8)23-17-19-32(9)22(14-15-25(32)39-41(10,11)29(3,4)5)26(23)28-27(24(31)20-21)36-30(6,7)37-28/h20,22-28H,12-19H2,1-11H3/t22?,23?,24?,25-,26?,27+,28+,31+,32-/m0/s1. The van der Waals surface area contributed by atoms with Crippen molar-refractivity contribution in [1.82, 2.24) is 0 Å². The number of rotatable bonds is 8. The van der Waals surface area contributed by atoms with Crippen molar-refractivity contribution in [1.29, 1.82) is 0 Å². The third-order valence-electron chi connectivity index (χ3n) is 12.1. The number of hydrogen-bond acceptors (Lipinski definition) is 7. The van der Waals surface area contributed by atoms with E-state index in [0.717, 1.165) is 19.3 Å². The highest BCUT2D eigenvalue weighted by atomic mass is 31.2. The van der Waals surface area contributed by atoms with Gasteiger partial charge in [0.25, 0.3) is 0 Å². The molecule has 9 heteroatoms. The Morgan fingerprint density at radius 2 is 1.54 bits per heavy atom. The van der Waals surface area contributed by atoms with Crippen molar-refractivity contribution in [3.8, 4) is 0 Å². The normalized spacial score (nSPS) is 42.1. The van der Waals surface area contributed by atoms with Gasteiger partial charge in [-0.15, -0.1) is 0 Å². The zero-order valence-electron chi connectivity index (χ0n) is 27.6. The van der Waals surface area contributed by atoms with E-state index < -0.39 is 21.9 Å². The van der Waals surface area contributed by atoms with Crippen molar-refractivity contribution < 1.29 is 32.0 Å². The molecule has 4 aliphatic carbocycles. The van der Waals surface area contributed by atoms with Gasteiger partial charge >= 0.3 is 7.82 Å². The van der Waals surface area contributed by atoms with E-state index >= 15 is 0 Å². The van der Waals surface area contributed by atoms with Crippen molar-refractivity contribution in [3.05, 3.63) is 11.8 Å². The van der Waals surface area contributed by atoms with Gasteiger partial charge in [-0.05, 0) is 113 Å². The molecule has 3 saturated carbocycles. The molecule has 0 radical (unpaired) electrons. The lowest BCUT2D eigenvalue weighted by Crippen LogP contribution is -2.62. The summed E-state index contributed by atoms with van der Waals surface area (Å²) in [5.74, 6) is 1.68. The summed E-state index contributed by atoms with van der Waals surface area (Å²) in [6.45, 7) is 25.1. The van der Waals surface area contributed by atoms with Crippen LogP contribution in [0.4, 0.5) is 0 Å². The lowest BCUT2D eigenvalue weighted by molar-refractivity contribution is -0.171. The zero-order chi connectivity index (χ0) is 30.2. The first-order valence-electron chi connectivity index (χ1n) is 16.2. The fourth-order valence-corrected chi connectivity index (χ4v) is 11.8. The molecule has 0 aromatic rings. The van der Waals surface area contributed by atoms with Crippen LogP contribution in [0.1, 0.15) is 101 Å². The molecule has 41 heavy (non-hydrogen) atoms. The molecule has 236 valence electrons. The molecular formula is C32H57O7PSi. The summed E-state index contributed by atoms with van der Waals surface area (Å²) < 4.78 is 51.0. The predicted molar refractivity (Wildman–Crippen MR) is 164 cm³/mol. The number of phosphoric acid groups is 1. The van der Waals surface area contributed by atoms with Crippen LogP contribution in [0.2, 0.25) is 18.1 Å². The minimum Gasteiger partial charge on any atom is -0.413 e. The second-order valence-electron chi connectivity index (χ2n) is 15.9. The van der Waals surface area contributed by atoms with E-state index in [-0.39, 0.29) is 47.2 Å². The van der Waals surface area contributed by atoms with Gasteiger partial charge < -0.3 is 18.4 Å². The molecule has 1 aliphatic heterocycles. The largest absolute Gasteiger partial charge is 0.529 e. The average molecular weight is 613 g/mol. The fraction of sp³-hybridized carbons (Fsp3) is 0.938. The minimum atomic E-state index is -3.65. The van der Waals surface area contributed by atoms with Gasteiger partial charge in [0.1, 0.15) is 5.76 Å². The van der Waals surface area contributed by atoms with Crippen LogP contribution in [0.25, 0.3) is 0 Å². The average Bonchev–Trinajstić information content (AvgIpc) is 3.34. The third-order valence-corrected chi connectivity index (χ3v) is 18.2. The summed E-state index contributed by atoms with van der Waals surface area (Å²) in [4.78, 5) is 0. The summed E-state index contributed by atoms with van der Waals surface area (Å²) in [5, 5.41) is 0.199. The number of phosphoric ester groups is 1. The minimum absolute atomic E-state index is 0.0190. The van der Waals surface area contributed by atoms with Crippen LogP contribution in [-0.4, -0.2) is 45.6 Å². The molecule has 4 unspecified atom stereocenters. The van der Waals surface area contributed by atoms with Crippen molar-refractivity contribution in [2.75, 3.05) is 13.2 Å². The number of allylic oxidation sites excluding steroid dienone is 1. The van der Waals surface area contributed by atoms with Crippen molar-refractivity contribution >= 4 is 16.1 Å². The van der Waals surface area contributed by atoms with Crippen LogP contribution in [0.5, 0.6) is 0 Å². The number of fused-ring (bicyclic) bond motifs is 8. The number of hydrogen-bond donors (Lipinski definition) is 0. The third kappa shape index (κ3) is 5.48. The monoisotopic (exact) mass is 612 g/mol. The maximum Gasteiger partial charge on any atom is 0.529 e. The molecule has 1 heterocycles. The van der Waals surface area contributed by atoms with E-state index in [1.165, 1.54) is 19.3 Å². The first kappa shape index (κ1) is 32.2. The van der Waals surface area contributed by atoms with Gasteiger partial charge in [-0.2, -0.15) is 0 Å². The van der Waals surface area contributed by atoms with Gasteiger partial charge in [0.05, 0.1) is 31.5 Å². The van der Waals surface area contributed by atoms with Crippen molar-refractivity contribution in [2.24, 2.45) is 34.5 Å². The van der Waals surface area contributed by atoms with Crippen LogP contribution in [0.3, 0.4) is 0 Å². The molecule has 0 spiro atoms. The molecule has 9 atom stereocenters. The van der Waals surface area contributed by atoms with Gasteiger partial charge in [0.15, 0.2) is 14.1 Å². The molecule has 0 amide bonds. The molecule has 0 aromatic heterocycles. The van der Waals surface area contributed by atoms with Crippen LogP contribution in [-0.2, 0) is 32.0 Å². The smallest absolute Gasteiger partial charge is 0.413 e. The summed E-state index contributed by atoms with van der Waals surface area (Å²) in [7, 11) is -5.54. The fourth-order valence-electron chi connectivity index (χ4n) is 9.05. The first-order valence-corrected chi connectivity index (χ1v) is 20.6. The van der Waals surface area contributed by atoms with Gasteiger partial charge in [-0.25, -0.2) is 4.57 Å². The van der Waals surface area contributed by atoms with E-state index in [0.29, 0.717) is 29.6 Å². The van der Waals surface area contributed by atoms with Crippen molar-refractivity contribution in [2.45, 2.75) is 143 Å². The Kier molecular flexibility index (Phi) is 8.40. The van der Waals surface area contributed by atoms with E-state index in [1.54, 1.807) is 13.8 Å². The summed E-state index contributed by atoms with van der Waals surface area (Å²) in [6.07, 6.45) is 8.84. The Morgan fingerprint density at radius 3 is 2.15 bits per heavy atom. The molecule has 0 N–H and O–H groups in total. The Morgan fingerprint density at radius 1 is 0.927 bits per heavy atom. The topological polar surface area (TPSA) is 72.5 Å². The van der Waals surface area contributed by atoms with E-state index in [1.807, 2.05) is 0 Å². The highest BCUT2D eigenvalue weighted by molar-refractivity contribution is 7.48. The Hall–Kier alpha value is -0.213. The van der Waals surface area contributed by atoms with Crippen LogP contribution < -0.4 is 0 Å². The highest BCUT2D eigenvalue weighted by Gasteiger charge is 2.68. The highest BCUT2D eigenvalue weighted by Crippen LogP contribution is 2.69. The van der Waals surface area contributed by atoms with Crippen LogP contribution in [0, 0.1) is 34.5 Å². The van der Waals surface area contributed by atoms with E-state index in [4.69, 9.17) is 27.5 Å². The molecular weight excluding hydrogens is 555 g/mol. The molecule has 0 bridgehead atoms. The molecule has 1 saturated heterocycles. The zero-order valence-corrected chi connectivity index (χ0v) is 29.5. The van der Waals surface area contributed by atoms with Gasteiger partial charge in [-0.1, -0.05) is 34.6 Å². The first-order chi connectivity index (χ1) is 18.9. The maximum absolute atomic E-state index is 13.3. The van der Waals surface area contributed by atoms with Crippen LogP contribution >= 0.6 is 7.82 Å². The molecule has 5 rings (SSSR count). The summed E-state index contributed by atoms with van der Waals surface area (Å²) >= 11 is 0. The second-order valence-corrected chi connectivity index (χ2v) is 22.2. The quantitative estimate of drug-likeness (QED) is 0.200. The summed E-state index contributed by atoms with van der Waals surface area (Å²) in [6, 6.07) is 0. The van der Waals surface area contributed by atoms with Crippen LogP contribution in [0.15, 0.2) is 11.8 Å². The lowest BCUT2D eigenvalue weighted by atomic mass is 9.44. The Balaban J connectivity index is 1.47. The van der Waals surface area contributed by atoms with Crippen molar-refractivity contribution in [3.63, 3.8) is 0 Å².